The number of epoxide rings is 1. The number of hydrogen-bond acceptors (Lipinski definition) is 2. The van der Waals surface area contributed by atoms with E-state index in [-0.39, 0.29) is 5.60 Å². The molecule has 0 aliphatic carbocycles. The summed E-state index contributed by atoms with van der Waals surface area (Å²) in [6, 6.07) is 0. The molecule has 0 aromatic rings. The first kappa shape index (κ1) is 16.0. The summed E-state index contributed by atoms with van der Waals surface area (Å²) in [5.41, 5.74) is 0.0679. The molecule has 0 aromatic heterocycles. The number of unbranched alkanes of at least 4 members (excludes halogenated alkanes) is 9. The van der Waals surface area contributed by atoms with Crippen LogP contribution in [-0.4, -0.2) is 25.4 Å². The lowest BCUT2D eigenvalue weighted by molar-refractivity contribution is 0.0825. The van der Waals surface area contributed by atoms with Crippen LogP contribution in [-0.2, 0) is 9.47 Å². The van der Waals surface area contributed by atoms with Gasteiger partial charge < -0.3 is 9.47 Å². The molecule has 0 bridgehead atoms. The highest BCUT2D eigenvalue weighted by Gasteiger charge is 2.39. The summed E-state index contributed by atoms with van der Waals surface area (Å²) in [6.07, 6.45) is 13.8. The molecule has 1 aliphatic rings. The maximum absolute atomic E-state index is 5.61. The predicted molar refractivity (Wildman–Crippen MR) is 77.0 cm³/mol. The van der Waals surface area contributed by atoms with Gasteiger partial charge in [0.15, 0.2) is 0 Å². The van der Waals surface area contributed by atoms with E-state index in [4.69, 9.17) is 9.47 Å². The molecule has 1 heterocycles. The Hall–Kier alpha value is -0.0800. The van der Waals surface area contributed by atoms with Gasteiger partial charge in [-0.1, -0.05) is 64.7 Å². The summed E-state index contributed by atoms with van der Waals surface area (Å²) in [4.78, 5) is 0. The second-order valence-electron chi connectivity index (χ2n) is 5.97. The predicted octanol–water partition coefficient (Wildman–Crippen LogP) is 4.71. The summed E-state index contributed by atoms with van der Waals surface area (Å²) in [7, 11) is 0. The average Bonchev–Trinajstić information content (AvgIpc) is 3.09. The van der Waals surface area contributed by atoms with Crippen molar-refractivity contribution in [2.45, 2.75) is 83.7 Å². The van der Waals surface area contributed by atoms with Crippen LogP contribution in [0.5, 0.6) is 0 Å². The van der Waals surface area contributed by atoms with Gasteiger partial charge in [0.05, 0.1) is 13.2 Å². The van der Waals surface area contributed by atoms with Crippen molar-refractivity contribution < 1.29 is 9.47 Å². The van der Waals surface area contributed by atoms with Gasteiger partial charge in [-0.3, -0.25) is 0 Å². The third-order valence-corrected chi connectivity index (χ3v) is 3.69. The van der Waals surface area contributed by atoms with Crippen LogP contribution in [0.15, 0.2) is 0 Å². The van der Waals surface area contributed by atoms with Crippen molar-refractivity contribution in [2.75, 3.05) is 19.8 Å². The number of rotatable bonds is 13. The van der Waals surface area contributed by atoms with Gasteiger partial charge in [-0.05, 0) is 13.3 Å². The molecule has 18 heavy (non-hydrogen) atoms. The van der Waals surface area contributed by atoms with E-state index in [0.29, 0.717) is 0 Å². The van der Waals surface area contributed by atoms with Crippen molar-refractivity contribution in [3.8, 4) is 0 Å². The molecular formula is C16H32O2. The molecular weight excluding hydrogens is 224 g/mol. The summed E-state index contributed by atoms with van der Waals surface area (Å²) in [5, 5.41) is 0. The first-order valence-electron chi connectivity index (χ1n) is 7.98. The van der Waals surface area contributed by atoms with Crippen LogP contribution < -0.4 is 0 Å². The summed E-state index contributed by atoms with van der Waals surface area (Å²) < 4.78 is 10.9. The minimum absolute atomic E-state index is 0.0679. The van der Waals surface area contributed by atoms with Gasteiger partial charge in [-0.25, -0.2) is 0 Å². The van der Waals surface area contributed by atoms with E-state index in [1.54, 1.807) is 0 Å². The lowest BCUT2D eigenvalue weighted by Gasteiger charge is -2.06. The van der Waals surface area contributed by atoms with Gasteiger partial charge in [0.25, 0.3) is 0 Å². The van der Waals surface area contributed by atoms with E-state index in [1.165, 1.54) is 64.2 Å². The van der Waals surface area contributed by atoms with Crippen LogP contribution in [0.2, 0.25) is 0 Å². The van der Waals surface area contributed by atoms with Crippen LogP contribution in [0.25, 0.3) is 0 Å². The van der Waals surface area contributed by atoms with E-state index >= 15 is 0 Å². The third-order valence-electron chi connectivity index (χ3n) is 3.69. The van der Waals surface area contributed by atoms with Crippen LogP contribution in [0, 0.1) is 0 Å². The minimum Gasteiger partial charge on any atom is -0.378 e. The van der Waals surface area contributed by atoms with E-state index in [1.807, 2.05) is 0 Å². The highest BCUT2D eigenvalue weighted by atomic mass is 16.6. The maximum atomic E-state index is 5.61. The highest BCUT2D eigenvalue weighted by Crippen LogP contribution is 2.25. The van der Waals surface area contributed by atoms with Crippen molar-refractivity contribution in [3.05, 3.63) is 0 Å². The largest absolute Gasteiger partial charge is 0.378 e. The van der Waals surface area contributed by atoms with Crippen LogP contribution in [0.1, 0.15) is 78.1 Å². The fraction of sp³-hybridized carbons (Fsp3) is 1.00. The Morgan fingerprint density at radius 1 is 0.889 bits per heavy atom. The molecule has 2 heteroatoms. The Bertz CT molecular complexity index is 188. The summed E-state index contributed by atoms with van der Waals surface area (Å²) in [6.45, 7) is 6.97. The molecule has 0 aromatic carbocycles. The number of ether oxygens (including phenoxy) is 2. The van der Waals surface area contributed by atoms with E-state index in [0.717, 1.165) is 19.8 Å². The molecule has 1 unspecified atom stereocenters. The molecule has 0 spiro atoms. The minimum atomic E-state index is 0.0679. The molecule has 108 valence electrons. The SMILES string of the molecule is CCCCCCCCCCCCOCC1(C)CO1. The second kappa shape index (κ2) is 9.80. The molecule has 1 rings (SSSR count). The van der Waals surface area contributed by atoms with Gasteiger partial charge in [0.1, 0.15) is 5.60 Å². The Morgan fingerprint density at radius 3 is 1.89 bits per heavy atom. The maximum Gasteiger partial charge on any atom is 0.112 e. The molecule has 2 nitrogen and oxygen atoms in total. The molecule has 0 N–H and O–H groups in total. The fourth-order valence-corrected chi connectivity index (χ4v) is 2.19. The highest BCUT2D eigenvalue weighted by molar-refractivity contribution is 4.86. The van der Waals surface area contributed by atoms with Crippen molar-refractivity contribution in [2.24, 2.45) is 0 Å². The smallest absolute Gasteiger partial charge is 0.112 e. The Balaban J connectivity index is 1.66. The van der Waals surface area contributed by atoms with Crippen molar-refractivity contribution in [1.29, 1.82) is 0 Å². The standard InChI is InChI=1S/C16H32O2/c1-3-4-5-6-7-8-9-10-11-12-13-17-14-16(2)15-18-16/h3-15H2,1-2H3. The van der Waals surface area contributed by atoms with Crippen molar-refractivity contribution in [3.63, 3.8) is 0 Å². The summed E-state index contributed by atoms with van der Waals surface area (Å²) >= 11 is 0. The molecule has 0 saturated carbocycles. The molecule has 1 fully saturated rings. The topological polar surface area (TPSA) is 21.8 Å². The monoisotopic (exact) mass is 256 g/mol. The molecule has 1 atom stereocenters. The Kier molecular flexibility index (Phi) is 8.70. The Labute approximate surface area is 113 Å². The van der Waals surface area contributed by atoms with Crippen molar-refractivity contribution >= 4 is 0 Å². The van der Waals surface area contributed by atoms with Crippen LogP contribution >= 0.6 is 0 Å². The zero-order valence-electron chi connectivity index (χ0n) is 12.5. The third kappa shape index (κ3) is 8.93. The van der Waals surface area contributed by atoms with Crippen LogP contribution in [0.4, 0.5) is 0 Å². The quantitative estimate of drug-likeness (QED) is 0.351. The van der Waals surface area contributed by atoms with E-state index in [2.05, 4.69) is 13.8 Å². The zero-order valence-corrected chi connectivity index (χ0v) is 12.5. The van der Waals surface area contributed by atoms with Crippen LogP contribution in [0.3, 0.4) is 0 Å². The van der Waals surface area contributed by atoms with Gasteiger partial charge in [0.2, 0.25) is 0 Å². The molecule has 0 amide bonds. The second-order valence-corrected chi connectivity index (χ2v) is 5.97. The molecule has 0 radical (unpaired) electrons. The van der Waals surface area contributed by atoms with Crippen molar-refractivity contribution in [1.82, 2.24) is 0 Å². The lowest BCUT2D eigenvalue weighted by Crippen LogP contribution is -2.14. The first-order valence-corrected chi connectivity index (χ1v) is 7.98. The van der Waals surface area contributed by atoms with Gasteiger partial charge in [0, 0.05) is 6.61 Å². The Morgan fingerprint density at radius 2 is 1.39 bits per heavy atom. The normalized spacial score (nSPS) is 22.3. The number of hydrogen-bond donors (Lipinski definition) is 0. The van der Waals surface area contributed by atoms with E-state index < -0.39 is 0 Å². The lowest BCUT2D eigenvalue weighted by atomic mass is 10.1. The van der Waals surface area contributed by atoms with E-state index in [9.17, 15) is 0 Å². The molecule has 1 aliphatic heterocycles. The first-order chi connectivity index (χ1) is 8.77. The van der Waals surface area contributed by atoms with Gasteiger partial charge in [-0.2, -0.15) is 0 Å². The fourth-order valence-electron chi connectivity index (χ4n) is 2.19. The average molecular weight is 256 g/mol. The zero-order chi connectivity index (χ0) is 13.1. The van der Waals surface area contributed by atoms with Gasteiger partial charge >= 0.3 is 0 Å². The summed E-state index contributed by atoms with van der Waals surface area (Å²) in [5.74, 6) is 0. The molecule has 1 saturated heterocycles. The van der Waals surface area contributed by atoms with Gasteiger partial charge in [-0.15, -0.1) is 0 Å².